The first kappa shape index (κ1) is 29.1. The summed E-state index contributed by atoms with van der Waals surface area (Å²) in [6.07, 6.45) is 0. The fourth-order valence-corrected chi connectivity index (χ4v) is 7.44. The first-order valence-corrected chi connectivity index (χ1v) is 16.3. The molecular formula is C32H24ClN3O4S3. The van der Waals surface area contributed by atoms with Gasteiger partial charge in [-0.3, -0.25) is 14.5 Å². The highest BCUT2D eigenvalue weighted by Gasteiger charge is 2.48. The number of carbonyl (C=O) groups is 2. The molecule has 1 fully saturated rings. The van der Waals surface area contributed by atoms with Crippen LogP contribution in [0.3, 0.4) is 0 Å². The number of thioether (sulfide) groups is 1. The summed E-state index contributed by atoms with van der Waals surface area (Å²) in [7, 11) is 0. The monoisotopic (exact) mass is 645 g/mol. The summed E-state index contributed by atoms with van der Waals surface area (Å²) in [5, 5.41) is 22.7. The van der Waals surface area contributed by atoms with Gasteiger partial charge in [0, 0.05) is 21.2 Å². The van der Waals surface area contributed by atoms with Crippen molar-refractivity contribution in [1.29, 1.82) is 0 Å². The maximum atomic E-state index is 13.4. The predicted molar refractivity (Wildman–Crippen MR) is 172 cm³/mol. The van der Waals surface area contributed by atoms with E-state index in [1.165, 1.54) is 39.3 Å². The molecule has 6 rings (SSSR count). The molecule has 0 radical (unpaired) electrons. The minimum atomic E-state index is -0.834. The summed E-state index contributed by atoms with van der Waals surface area (Å²) in [5.74, 6) is -0.536. The molecule has 3 aromatic carbocycles. The normalized spacial score (nSPS) is 16.1. The Bertz CT molecular complexity index is 1800. The van der Waals surface area contributed by atoms with Crippen molar-refractivity contribution in [2.24, 2.45) is 0 Å². The second-order valence-electron chi connectivity index (χ2n) is 9.75. The zero-order chi connectivity index (χ0) is 29.9. The lowest BCUT2D eigenvalue weighted by molar-refractivity contribution is -0.132. The van der Waals surface area contributed by atoms with Crippen LogP contribution in [0.2, 0.25) is 5.02 Å². The van der Waals surface area contributed by atoms with E-state index >= 15 is 0 Å². The summed E-state index contributed by atoms with van der Waals surface area (Å²) in [6.45, 7) is 2.43. The van der Waals surface area contributed by atoms with E-state index in [-0.39, 0.29) is 16.5 Å². The average molecular weight is 646 g/mol. The Labute approximate surface area is 265 Å². The van der Waals surface area contributed by atoms with Crippen molar-refractivity contribution in [3.05, 3.63) is 128 Å². The maximum Gasteiger partial charge on any atom is 0.301 e. The van der Waals surface area contributed by atoms with Gasteiger partial charge < -0.3 is 9.84 Å². The molecule has 1 atom stereocenters. The summed E-state index contributed by atoms with van der Waals surface area (Å²) < 4.78 is 6.56. The minimum absolute atomic E-state index is 0.00597. The smallest absolute Gasteiger partial charge is 0.301 e. The second-order valence-corrected chi connectivity index (χ2v) is 13.3. The van der Waals surface area contributed by atoms with E-state index in [0.717, 1.165) is 21.6 Å². The number of nitrogens with zero attached hydrogens (tertiary/aromatic N) is 3. The molecule has 1 saturated heterocycles. The van der Waals surface area contributed by atoms with Gasteiger partial charge >= 0.3 is 5.91 Å². The third kappa shape index (κ3) is 6.37. The van der Waals surface area contributed by atoms with E-state index in [0.29, 0.717) is 33.0 Å². The molecule has 1 unspecified atom stereocenters. The Morgan fingerprint density at radius 3 is 2.51 bits per heavy atom. The number of benzene rings is 3. The van der Waals surface area contributed by atoms with Crippen molar-refractivity contribution in [2.45, 2.75) is 29.7 Å². The second kappa shape index (κ2) is 12.7. The van der Waals surface area contributed by atoms with Crippen LogP contribution in [0, 0.1) is 6.92 Å². The average Bonchev–Trinajstić information content (AvgIpc) is 3.77. The predicted octanol–water partition coefficient (Wildman–Crippen LogP) is 8.06. The number of aryl methyl sites for hydroxylation is 1. The molecular weight excluding hydrogens is 622 g/mol. The number of amides is 1. The molecule has 7 nitrogen and oxygen atoms in total. The van der Waals surface area contributed by atoms with Gasteiger partial charge in [-0.2, -0.15) is 0 Å². The Morgan fingerprint density at radius 2 is 1.79 bits per heavy atom. The topological polar surface area (TPSA) is 92.6 Å². The van der Waals surface area contributed by atoms with Crippen LogP contribution in [0.25, 0.3) is 5.76 Å². The highest BCUT2D eigenvalue weighted by Crippen LogP contribution is 2.45. The molecule has 1 N–H and O–H groups in total. The minimum Gasteiger partial charge on any atom is -0.507 e. The lowest BCUT2D eigenvalue weighted by Gasteiger charge is -2.20. The number of hydrogen-bond donors (Lipinski definition) is 1. The Kier molecular flexibility index (Phi) is 8.62. The number of aliphatic hydroxyl groups excluding tert-OH is 1. The van der Waals surface area contributed by atoms with E-state index in [2.05, 4.69) is 16.3 Å². The molecule has 1 aliphatic rings. The van der Waals surface area contributed by atoms with Crippen molar-refractivity contribution in [3.63, 3.8) is 0 Å². The molecule has 0 saturated carbocycles. The van der Waals surface area contributed by atoms with E-state index in [4.69, 9.17) is 16.3 Å². The molecule has 0 spiro atoms. The van der Waals surface area contributed by atoms with Gasteiger partial charge in [0.1, 0.15) is 24.2 Å². The van der Waals surface area contributed by atoms with Gasteiger partial charge in [-0.05, 0) is 65.9 Å². The third-order valence-electron chi connectivity index (χ3n) is 6.75. The number of aromatic nitrogens is 2. The molecule has 1 aliphatic heterocycles. The van der Waals surface area contributed by atoms with Gasteiger partial charge in [0.2, 0.25) is 5.13 Å². The van der Waals surface area contributed by atoms with Gasteiger partial charge in [-0.15, -0.1) is 21.5 Å². The molecule has 3 heterocycles. The van der Waals surface area contributed by atoms with Gasteiger partial charge in [-0.1, -0.05) is 82.7 Å². The number of thiophene rings is 1. The summed E-state index contributed by atoms with van der Waals surface area (Å²) in [6, 6.07) is 25.3. The van der Waals surface area contributed by atoms with Gasteiger partial charge in [0.15, 0.2) is 4.34 Å². The summed E-state index contributed by atoms with van der Waals surface area (Å²) in [4.78, 5) is 28.9. The fourth-order valence-electron chi connectivity index (χ4n) is 4.66. The third-order valence-corrected chi connectivity index (χ3v) is 10.1. The molecule has 11 heteroatoms. The van der Waals surface area contributed by atoms with Crippen LogP contribution < -0.4 is 9.64 Å². The van der Waals surface area contributed by atoms with Gasteiger partial charge in [0.25, 0.3) is 5.78 Å². The first-order valence-electron chi connectivity index (χ1n) is 13.2. The number of Topliss-reactive ketones (excluding diaryl/α,β-unsaturated/α-hetero) is 1. The molecule has 0 bridgehead atoms. The number of anilines is 1. The van der Waals surface area contributed by atoms with Crippen molar-refractivity contribution < 1.29 is 19.4 Å². The molecule has 0 aliphatic carbocycles. The molecule has 1 amide bonds. The standard InChI is InChI=1S/C32H24ClN3O4S3/c1-19-4-2-5-21(16-19)17-40-24-13-9-22(10-14-24)28(37)26-27(25-6-3-15-41-25)36(30(39)29(26)38)31-34-35-32(43-31)42-18-20-7-11-23(33)12-8-20/h2-16,27,37H,17-18H2,1H3. The van der Waals surface area contributed by atoms with E-state index in [9.17, 15) is 14.7 Å². The number of aliphatic hydroxyl groups is 1. The lowest BCUT2D eigenvalue weighted by Crippen LogP contribution is -2.29. The molecule has 216 valence electrons. The van der Waals surface area contributed by atoms with Gasteiger partial charge in [-0.25, -0.2) is 0 Å². The maximum absolute atomic E-state index is 13.4. The molecule has 2 aromatic heterocycles. The van der Waals surface area contributed by atoms with Crippen LogP contribution in [-0.4, -0.2) is 27.0 Å². The van der Waals surface area contributed by atoms with Gasteiger partial charge in [0.05, 0.1) is 5.57 Å². The zero-order valence-electron chi connectivity index (χ0n) is 22.8. The number of rotatable bonds is 9. The van der Waals surface area contributed by atoms with E-state index in [1.807, 2.05) is 66.9 Å². The summed E-state index contributed by atoms with van der Waals surface area (Å²) in [5.41, 5.74) is 3.67. The van der Waals surface area contributed by atoms with Crippen LogP contribution in [0.1, 0.15) is 33.2 Å². The van der Waals surface area contributed by atoms with Crippen LogP contribution in [0.15, 0.2) is 100 Å². The van der Waals surface area contributed by atoms with Crippen LogP contribution in [-0.2, 0) is 21.9 Å². The molecule has 43 heavy (non-hydrogen) atoms. The lowest BCUT2D eigenvalue weighted by atomic mass is 10.00. The number of ether oxygens (including phenoxy) is 1. The number of hydrogen-bond acceptors (Lipinski definition) is 9. The zero-order valence-corrected chi connectivity index (χ0v) is 26.0. The van der Waals surface area contributed by atoms with Crippen molar-refractivity contribution in [2.75, 3.05) is 4.90 Å². The highest BCUT2D eigenvalue weighted by atomic mass is 35.5. The van der Waals surface area contributed by atoms with Crippen molar-refractivity contribution >= 4 is 68.6 Å². The van der Waals surface area contributed by atoms with E-state index in [1.54, 1.807) is 24.3 Å². The number of ketones is 1. The van der Waals surface area contributed by atoms with Crippen LogP contribution in [0.5, 0.6) is 5.75 Å². The fraction of sp³-hybridized carbons (Fsp3) is 0.125. The Morgan fingerprint density at radius 1 is 1.00 bits per heavy atom. The Hall–Kier alpha value is -3.96. The SMILES string of the molecule is Cc1cccc(COc2ccc(C(O)=C3C(=O)C(=O)N(c4nnc(SCc5ccc(Cl)cc5)s4)C3c3cccs3)cc2)c1. The van der Waals surface area contributed by atoms with E-state index < -0.39 is 17.7 Å². The highest BCUT2D eigenvalue weighted by molar-refractivity contribution is 8.00. The largest absolute Gasteiger partial charge is 0.507 e. The quantitative estimate of drug-likeness (QED) is 0.0570. The Balaban J connectivity index is 1.25. The molecule has 5 aromatic rings. The summed E-state index contributed by atoms with van der Waals surface area (Å²) >= 11 is 10.1. The van der Waals surface area contributed by atoms with Crippen molar-refractivity contribution in [3.8, 4) is 5.75 Å². The van der Waals surface area contributed by atoms with Crippen molar-refractivity contribution in [1.82, 2.24) is 10.2 Å². The van der Waals surface area contributed by atoms with Crippen LogP contribution in [0.4, 0.5) is 5.13 Å². The number of carbonyl (C=O) groups excluding carboxylic acids is 2. The van der Waals surface area contributed by atoms with Crippen LogP contribution >= 0.6 is 46.0 Å². The first-order chi connectivity index (χ1) is 20.9. The number of halogens is 1.